The standard InChI is InChI=1S/C34H45NO3/c1-8-9-20-36-31-29-21-28(35-22-25-12-10-24(2)11-13-25)18-19-30(29)38-34(6,7)32(31)37-23-26-14-16-27(17-15-26)33(3,4)5/h10-19,21,31-32,35H,8-9,20,22-23H2,1-7H3. The van der Waals surface area contributed by atoms with Gasteiger partial charge in [0, 0.05) is 24.4 Å². The second-order valence-corrected chi connectivity index (χ2v) is 12.1. The SMILES string of the molecule is CCCCOC1c2cc(NCc3ccc(C)cc3)ccc2OC(C)(C)C1OCc1ccc(C(C)(C)C)cc1. The van der Waals surface area contributed by atoms with Gasteiger partial charge < -0.3 is 19.5 Å². The van der Waals surface area contributed by atoms with E-state index in [2.05, 4.69) is 121 Å². The van der Waals surface area contributed by atoms with Crippen LogP contribution in [-0.2, 0) is 28.0 Å². The number of unbranched alkanes of at least 4 members (excludes halogenated alkanes) is 1. The van der Waals surface area contributed by atoms with Crippen LogP contribution in [0.1, 0.15) is 88.3 Å². The third-order valence-electron chi connectivity index (χ3n) is 7.31. The molecule has 0 fully saturated rings. The first-order valence-electron chi connectivity index (χ1n) is 14.0. The molecule has 4 heteroatoms. The van der Waals surface area contributed by atoms with Gasteiger partial charge in [0.15, 0.2) is 0 Å². The van der Waals surface area contributed by atoms with Gasteiger partial charge in [0.25, 0.3) is 0 Å². The molecular formula is C34H45NO3. The lowest BCUT2D eigenvalue weighted by atomic mass is 9.86. The highest BCUT2D eigenvalue weighted by molar-refractivity contribution is 5.54. The summed E-state index contributed by atoms with van der Waals surface area (Å²) in [6.07, 6.45) is 1.64. The highest BCUT2D eigenvalue weighted by Gasteiger charge is 2.45. The van der Waals surface area contributed by atoms with Gasteiger partial charge in [-0.1, -0.05) is 88.2 Å². The molecule has 0 spiro atoms. The van der Waals surface area contributed by atoms with Gasteiger partial charge in [0.1, 0.15) is 23.6 Å². The minimum atomic E-state index is -0.536. The lowest BCUT2D eigenvalue weighted by Crippen LogP contribution is -2.51. The molecule has 204 valence electrons. The Bertz CT molecular complexity index is 1180. The zero-order valence-corrected chi connectivity index (χ0v) is 24.3. The van der Waals surface area contributed by atoms with Crippen LogP contribution in [0.2, 0.25) is 0 Å². The molecule has 38 heavy (non-hydrogen) atoms. The molecule has 0 aromatic heterocycles. The van der Waals surface area contributed by atoms with Gasteiger partial charge in [-0.2, -0.15) is 0 Å². The van der Waals surface area contributed by atoms with Gasteiger partial charge >= 0.3 is 0 Å². The Morgan fingerprint density at radius 1 is 0.895 bits per heavy atom. The molecular weight excluding hydrogens is 470 g/mol. The first-order valence-corrected chi connectivity index (χ1v) is 14.0. The number of ether oxygens (including phenoxy) is 3. The third-order valence-corrected chi connectivity index (χ3v) is 7.31. The summed E-state index contributed by atoms with van der Waals surface area (Å²) in [5.41, 5.74) is 6.68. The topological polar surface area (TPSA) is 39.7 Å². The van der Waals surface area contributed by atoms with E-state index in [1.165, 1.54) is 16.7 Å². The van der Waals surface area contributed by atoms with Gasteiger partial charge in [-0.05, 0) is 67.5 Å². The van der Waals surface area contributed by atoms with Crippen molar-refractivity contribution < 1.29 is 14.2 Å². The van der Waals surface area contributed by atoms with E-state index < -0.39 is 5.60 Å². The van der Waals surface area contributed by atoms with E-state index >= 15 is 0 Å². The molecule has 1 heterocycles. The van der Waals surface area contributed by atoms with Gasteiger partial charge in [0.05, 0.1) is 6.61 Å². The van der Waals surface area contributed by atoms with Crippen LogP contribution in [0.5, 0.6) is 5.75 Å². The van der Waals surface area contributed by atoms with Crippen molar-refractivity contribution in [3.63, 3.8) is 0 Å². The van der Waals surface area contributed by atoms with Gasteiger partial charge in [-0.3, -0.25) is 0 Å². The van der Waals surface area contributed by atoms with Crippen LogP contribution in [0.4, 0.5) is 5.69 Å². The molecule has 1 N–H and O–H groups in total. The van der Waals surface area contributed by atoms with Crippen molar-refractivity contribution in [1.29, 1.82) is 0 Å². The van der Waals surface area contributed by atoms with Crippen molar-refractivity contribution in [2.24, 2.45) is 0 Å². The zero-order valence-electron chi connectivity index (χ0n) is 24.3. The summed E-state index contributed by atoms with van der Waals surface area (Å²) in [4.78, 5) is 0. The molecule has 1 aliphatic rings. The third kappa shape index (κ3) is 6.98. The average molecular weight is 516 g/mol. The maximum atomic E-state index is 6.62. The quantitative estimate of drug-likeness (QED) is 0.275. The Labute approximate surface area is 229 Å². The highest BCUT2D eigenvalue weighted by atomic mass is 16.6. The normalized spacial score (nSPS) is 18.5. The molecule has 3 aromatic carbocycles. The smallest absolute Gasteiger partial charge is 0.132 e. The van der Waals surface area contributed by atoms with E-state index in [1.54, 1.807) is 0 Å². The maximum Gasteiger partial charge on any atom is 0.132 e. The molecule has 0 saturated heterocycles. The molecule has 0 bridgehead atoms. The van der Waals surface area contributed by atoms with Crippen molar-refractivity contribution in [3.05, 3.63) is 94.5 Å². The summed E-state index contributed by atoms with van der Waals surface area (Å²) in [6.45, 7) is 17.2. The van der Waals surface area contributed by atoms with E-state index in [0.717, 1.165) is 42.0 Å². The summed E-state index contributed by atoms with van der Waals surface area (Å²) < 4.78 is 19.7. The number of fused-ring (bicyclic) bond motifs is 1. The lowest BCUT2D eigenvalue weighted by Gasteiger charge is -2.44. The number of hydrogen-bond donors (Lipinski definition) is 1. The van der Waals surface area contributed by atoms with Crippen molar-refractivity contribution in [2.45, 2.75) is 97.7 Å². The van der Waals surface area contributed by atoms with E-state index in [-0.39, 0.29) is 17.6 Å². The molecule has 0 aliphatic carbocycles. The first-order chi connectivity index (χ1) is 18.1. The Balaban J connectivity index is 1.55. The highest BCUT2D eigenvalue weighted by Crippen LogP contribution is 2.44. The summed E-state index contributed by atoms with van der Waals surface area (Å²) in [5, 5.41) is 3.58. The number of hydrogen-bond acceptors (Lipinski definition) is 4. The molecule has 0 radical (unpaired) electrons. The fourth-order valence-electron chi connectivity index (χ4n) is 4.86. The van der Waals surface area contributed by atoms with Crippen LogP contribution in [0.25, 0.3) is 0 Å². The van der Waals surface area contributed by atoms with Crippen molar-refractivity contribution in [2.75, 3.05) is 11.9 Å². The number of aryl methyl sites for hydroxylation is 1. The number of benzene rings is 3. The minimum Gasteiger partial charge on any atom is -0.485 e. The summed E-state index contributed by atoms with van der Waals surface area (Å²) in [7, 11) is 0. The molecule has 4 nitrogen and oxygen atoms in total. The molecule has 3 aromatic rings. The largest absolute Gasteiger partial charge is 0.485 e. The summed E-state index contributed by atoms with van der Waals surface area (Å²) in [6, 6.07) is 23.7. The first kappa shape index (κ1) is 28.2. The van der Waals surface area contributed by atoms with Crippen molar-refractivity contribution in [3.8, 4) is 5.75 Å². The van der Waals surface area contributed by atoms with Crippen LogP contribution >= 0.6 is 0 Å². The monoisotopic (exact) mass is 515 g/mol. The molecule has 1 aliphatic heterocycles. The molecule has 2 atom stereocenters. The fourth-order valence-corrected chi connectivity index (χ4v) is 4.86. The van der Waals surface area contributed by atoms with Crippen LogP contribution in [0.15, 0.2) is 66.7 Å². The Morgan fingerprint density at radius 2 is 1.58 bits per heavy atom. The van der Waals surface area contributed by atoms with E-state index in [1.807, 2.05) is 0 Å². The lowest BCUT2D eigenvalue weighted by molar-refractivity contribution is -0.167. The van der Waals surface area contributed by atoms with Gasteiger partial charge in [-0.15, -0.1) is 0 Å². The average Bonchev–Trinajstić information content (AvgIpc) is 2.87. The van der Waals surface area contributed by atoms with Crippen LogP contribution in [0, 0.1) is 6.92 Å². The van der Waals surface area contributed by atoms with E-state index in [9.17, 15) is 0 Å². The predicted molar refractivity (Wildman–Crippen MR) is 157 cm³/mol. The molecule has 2 unspecified atom stereocenters. The Hall–Kier alpha value is -2.82. The number of rotatable bonds is 10. The minimum absolute atomic E-state index is 0.131. The fraction of sp³-hybridized carbons (Fsp3) is 0.471. The molecule has 4 rings (SSSR count). The predicted octanol–water partition coefficient (Wildman–Crippen LogP) is 8.52. The van der Waals surface area contributed by atoms with Gasteiger partial charge in [0.2, 0.25) is 0 Å². The van der Waals surface area contributed by atoms with Crippen molar-refractivity contribution >= 4 is 5.69 Å². The second-order valence-electron chi connectivity index (χ2n) is 12.1. The van der Waals surface area contributed by atoms with Crippen LogP contribution < -0.4 is 10.1 Å². The summed E-state index contributed by atoms with van der Waals surface area (Å²) in [5.74, 6) is 0.867. The van der Waals surface area contributed by atoms with Gasteiger partial charge in [-0.25, -0.2) is 0 Å². The molecule has 0 amide bonds. The van der Waals surface area contributed by atoms with Crippen LogP contribution in [0.3, 0.4) is 0 Å². The van der Waals surface area contributed by atoms with E-state index in [4.69, 9.17) is 14.2 Å². The van der Waals surface area contributed by atoms with Crippen LogP contribution in [-0.4, -0.2) is 18.3 Å². The van der Waals surface area contributed by atoms with E-state index in [0.29, 0.717) is 13.2 Å². The second kappa shape index (κ2) is 11.9. The number of anilines is 1. The Kier molecular flexibility index (Phi) is 8.85. The number of nitrogens with one attached hydrogen (secondary N) is 1. The zero-order chi connectivity index (χ0) is 27.3. The molecule has 0 saturated carbocycles. The van der Waals surface area contributed by atoms with Crippen molar-refractivity contribution in [1.82, 2.24) is 0 Å². The maximum absolute atomic E-state index is 6.62. The summed E-state index contributed by atoms with van der Waals surface area (Å²) >= 11 is 0. The Morgan fingerprint density at radius 3 is 2.24 bits per heavy atom.